The van der Waals surface area contributed by atoms with E-state index in [9.17, 15) is 4.79 Å². The number of halogens is 1. The van der Waals surface area contributed by atoms with Crippen molar-refractivity contribution in [1.82, 2.24) is 0 Å². The number of ketones is 1. The maximum absolute atomic E-state index is 12.2. The molecule has 0 unspecified atom stereocenters. The Labute approximate surface area is 143 Å². The van der Waals surface area contributed by atoms with Crippen molar-refractivity contribution < 1.29 is 14.3 Å². The molecule has 0 bridgehead atoms. The molecule has 0 radical (unpaired) electrons. The molecule has 0 heterocycles. The summed E-state index contributed by atoms with van der Waals surface area (Å²) in [4.78, 5) is 12.2. The lowest BCUT2D eigenvalue weighted by atomic mass is 10.1. The zero-order valence-electron chi connectivity index (χ0n) is 12.3. The third-order valence-corrected chi connectivity index (χ3v) is 3.96. The number of hydrogen-bond acceptors (Lipinski definition) is 4. The summed E-state index contributed by atoms with van der Waals surface area (Å²) in [5.41, 5.74) is 1.44. The highest BCUT2D eigenvalue weighted by Crippen LogP contribution is 2.25. The summed E-state index contributed by atoms with van der Waals surface area (Å²) in [5.74, 6) is 0.996. The highest BCUT2D eigenvalue weighted by Gasteiger charge is 2.10. The number of anilines is 1. The van der Waals surface area contributed by atoms with Gasteiger partial charge in [0, 0.05) is 21.9 Å². The fraction of sp³-hybridized carbons (Fsp3) is 0.118. The molecule has 0 aliphatic rings. The van der Waals surface area contributed by atoms with E-state index in [0.29, 0.717) is 17.1 Å². The van der Waals surface area contributed by atoms with Gasteiger partial charge in [-0.05, 0) is 46.9 Å². The standard InChI is InChI=1S/C17H16INO3/c1-21-12-7-8-13(17(11-12)22-2)16(20)9-10-19-15-6-4-3-5-14(15)18/h3-11,19H,1-2H3/b10-9-. The average molecular weight is 409 g/mol. The van der Waals surface area contributed by atoms with Gasteiger partial charge in [0.1, 0.15) is 11.5 Å². The minimum Gasteiger partial charge on any atom is -0.497 e. The maximum Gasteiger partial charge on any atom is 0.191 e. The minimum absolute atomic E-state index is 0.141. The monoisotopic (exact) mass is 409 g/mol. The SMILES string of the molecule is COc1ccc(C(=O)/C=C\Nc2ccccc2I)c(OC)c1. The van der Waals surface area contributed by atoms with E-state index in [1.165, 1.54) is 13.2 Å². The van der Waals surface area contributed by atoms with Gasteiger partial charge in [-0.1, -0.05) is 12.1 Å². The number of hydrogen-bond donors (Lipinski definition) is 1. The van der Waals surface area contributed by atoms with Gasteiger partial charge in [-0.25, -0.2) is 0 Å². The largest absolute Gasteiger partial charge is 0.497 e. The third kappa shape index (κ3) is 4.00. The van der Waals surface area contributed by atoms with E-state index in [1.807, 2.05) is 24.3 Å². The first kappa shape index (κ1) is 16.4. The van der Waals surface area contributed by atoms with Gasteiger partial charge in [0.05, 0.1) is 25.5 Å². The normalized spacial score (nSPS) is 10.5. The summed E-state index contributed by atoms with van der Waals surface area (Å²) >= 11 is 2.23. The first-order chi connectivity index (χ1) is 10.7. The molecule has 2 aromatic carbocycles. The Morgan fingerprint density at radius 3 is 2.59 bits per heavy atom. The number of carbonyl (C=O) groups excluding carboxylic acids is 1. The fourth-order valence-corrected chi connectivity index (χ4v) is 2.42. The van der Waals surface area contributed by atoms with Crippen molar-refractivity contribution in [1.29, 1.82) is 0 Å². The number of benzene rings is 2. The Balaban J connectivity index is 2.12. The summed E-state index contributed by atoms with van der Waals surface area (Å²) in [5, 5.41) is 3.10. The number of para-hydroxylation sites is 1. The Morgan fingerprint density at radius 2 is 1.91 bits per heavy atom. The highest BCUT2D eigenvalue weighted by atomic mass is 127. The van der Waals surface area contributed by atoms with E-state index in [-0.39, 0.29) is 5.78 Å². The molecular weight excluding hydrogens is 393 g/mol. The lowest BCUT2D eigenvalue weighted by Crippen LogP contribution is -2.01. The summed E-state index contributed by atoms with van der Waals surface area (Å²) in [6, 6.07) is 13.0. The highest BCUT2D eigenvalue weighted by molar-refractivity contribution is 14.1. The zero-order valence-corrected chi connectivity index (χ0v) is 14.5. The van der Waals surface area contributed by atoms with Crippen molar-refractivity contribution >= 4 is 34.1 Å². The smallest absolute Gasteiger partial charge is 0.191 e. The van der Waals surface area contributed by atoms with Gasteiger partial charge >= 0.3 is 0 Å². The van der Waals surface area contributed by atoms with Crippen molar-refractivity contribution in [3.8, 4) is 11.5 Å². The van der Waals surface area contributed by atoms with Crippen LogP contribution in [0.2, 0.25) is 0 Å². The van der Waals surface area contributed by atoms with Crippen molar-refractivity contribution in [2.75, 3.05) is 19.5 Å². The van der Waals surface area contributed by atoms with Crippen molar-refractivity contribution in [3.05, 3.63) is 63.9 Å². The van der Waals surface area contributed by atoms with Gasteiger partial charge in [-0.15, -0.1) is 0 Å². The van der Waals surface area contributed by atoms with Crippen LogP contribution in [0.4, 0.5) is 5.69 Å². The van der Waals surface area contributed by atoms with Crippen molar-refractivity contribution in [2.45, 2.75) is 0 Å². The van der Waals surface area contributed by atoms with Crippen LogP contribution in [0.15, 0.2) is 54.7 Å². The van der Waals surface area contributed by atoms with E-state index in [1.54, 1.807) is 31.5 Å². The van der Waals surface area contributed by atoms with Gasteiger partial charge in [0.15, 0.2) is 5.78 Å². The van der Waals surface area contributed by atoms with Crippen LogP contribution in [0.5, 0.6) is 11.5 Å². The Kier molecular flexibility index (Phi) is 5.83. The third-order valence-electron chi connectivity index (χ3n) is 3.02. The van der Waals surface area contributed by atoms with Gasteiger partial charge in [-0.2, -0.15) is 0 Å². The number of carbonyl (C=O) groups is 1. The van der Waals surface area contributed by atoms with E-state index in [4.69, 9.17) is 9.47 Å². The summed E-state index contributed by atoms with van der Waals surface area (Å²) in [6.45, 7) is 0. The molecule has 0 amide bonds. The molecule has 0 atom stereocenters. The number of rotatable bonds is 6. The molecule has 2 aromatic rings. The molecule has 0 fully saturated rings. The van der Waals surface area contributed by atoms with Crippen LogP contribution in [-0.4, -0.2) is 20.0 Å². The predicted octanol–water partition coefficient (Wildman–Crippen LogP) is 4.12. The molecule has 1 N–H and O–H groups in total. The van der Waals surface area contributed by atoms with Crippen LogP contribution >= 0.6 is 22.6 Å². The zero-order chi connectivity index (χ0) is 15.9. The summed E-state index contributed by atoms with van der Waals surface area (Å²) < 4.78 is 11.4. The topological polar surface area (TPSA) is 47.6 Å². The second kappa shape index (κ2) is 7.84. The minimum atomic E-state index is -0.141. The van der Waals surface area contributed by atoms with E-state index in [0.717, 1.165) is 9.26 Å². The van der Waals surface area contributed by atoms with E-state index < -0.39 is 0 Å². The summed E-state index contributed by atoms with van der Waals surface area (Å²) in [7, 11) is 3.10. The maximum atomic E-state index is 12.2. The Bertz CT molecular complexity index is 698. The van der Waals surface area contributed by atoms with E-state index in [2.05, 4.69) is 27.9 Å². The van der Waals surface area contributed by atoms with Gasteiger partial charge in [-0.3, -0.25) is 4.79 Å². The second-order valence-electron chi connectivity index (χ2n) is 4.39. The molecule has 22 heavy (non-hydrogen) atoms. The molecular formula is C17H16INO3. The van der Waals surface area contributed by atoms with Crippen LogP contribution in [0.1, 0.15) is 10.4 Å². The lowest BCUT2D eigenvalue weighted by Gasteiger charge is -2.08. The van der Waals surface area contributed by atoms with E-state index >= 15 is 0 Å². The van der Waals surface area contributed by atoms with Crippen LogP contribution < -0.4 is 14.8 Å². The Hall–Kier alpha value is -2.02. The molecule has 4 nitrogen and oxygen atoms in total. The molecule has 0 saturated carbocycles. The second-order valence-corrected chi connectivity index (χ2v) is 5.55. The van der Waals surface area contributed by atoms with Crippen molar-refractivity contribution in [3.63, 3.8) is 0 Å². The first-order valence-electron chi connectivity index (χ1n) is 6.59. The van der Waals surface area contributed by atoms with Crippen LogP contribution in [0.25, 0.3) is 0 Å². The van der Waals surface area contributed by atoms with Crippen molar-refractivity contribution in [2.24, 2.45) is 0 Å². The van der Waals surface area contributed by atoms with Gasteiger partial charge < -0.3 is 14.8 Å². The molecule has 114 valence electrons. The van der Waals surface area contributed by atoms with Crippen LogP contribution in [0.3, 0.4) is 0 Å². The molecule has 0 aromatic heterocycles. The quantitative estimate of drug-likeness (QED) is 0.443. The molecule has 0 aliphatic carbocycles. The molecule has 2 rings (SSSR count). The number of methoxy groups -OCH3 is 2. The van der Waals surface area contributed by atoms with Crippen LogP contribution in [0, 0.1) is 3.57 Å². The predicted molar refractivity (Wildman–Crippen MR) is 95.8 cm³/mol. The number of nitrogens with one attached hydrogen (secondary N) is 1. The fourth-order valence-electron chi connectivity index (χ4n) is 1.88. The lowest BCUT2D eigenvalue weighted by molar-refractivity contribution is 0.104. The Morgan fingerprint density at radius 1 is 1.14 bits per heavy atom. The number of ether oxygens (including phenoxy) is 2. The summed E-state index contributed by atoms with van der Waals surface area (Å²) in [6.07, 6.45) is 3.11. The average Bonchev–Trinajstić information content (AvgIpc) is 2.55. The van der Waals surface area contributed by atoms with Crippen LogP contribution in [-0.2, 0) is 0 Å². The van der Waals surface area contributed by atoms with Gasteiger partial charge in [0.25, 0.3) is 0 Å². The molecule has 0 spiro atoms. The molecule has 0 saturated heterocycles. The number of allylic oxidation sites excluding steroid dienone is 1. The molecule has 0 aliphatic heterocycles. The first-order valence-corrected chi connectivity index (χ1v) is 7.67. The van der Waals surface area contributed by atoms with Gasteiger partial charge in [0.2, 0.25) is 0 Å². The molecule has 5 heteroatoms.